The molecule has 2 amide bonds. The zero-order valence-corrected chi connectivity index (χ0v) is 9.59. The summed E-state index contributed by atoms with van der Waals surface area (Å²) < 4.78 is 0.709. The van der Waals surface area contributed by atoms with E-state index in [2.05, 4.69) is 21.2 Å². The summed E-state index contributed by atoms with van der Waals surface area (Å²) in [6, 6.07) is 5.35. The van der Waals surface area contributed by atoms with Gasteiger partial charge in [-0.25, -0.2) is 5.84 Å². The fourth-order valence-corrected chi connectivity index (χ4v) is 1.56. The number of anilines is 1. The first kappa shape index (κ1) is 11.7. The average Bonchev–Trinajstić information content (AvgIpc) is 2.20. The maximum absolute atomic E-state index is 11.2. The van der Waals surface area contributed by atoms with Crippen molar-refractivity contribution >= 4 is 33.4 Å². The fraction of sp³-hybridized carbons (Fsp3) is 0.111. The molecule has 0 saturated carbocycles. The quantitative estimate of drug-likeness (QED) is 0.304. The summed E-state index contributed by atoms with van der Waals surface area (Å²) >= 11 is 3.27. The van der Waals surface area contributed by atoms with Gasteiger partial charge in [0.25, 0.3) is 0 Å². The SMILES string of the molecule is Cc1ccc(NC(=O)C(=O)NN)c(Br)c1. The molecule has 0 atom stereocenters. The van der Waals surface area contributed by atoms with E-state index < -0.39 is 11.8 Å². The molecule has 0 saturated heterocycles. The van der Waals surface area contributed by atoms with Gasteiger partial charge in [0, 0.05) is 4.47 Å². The molecule has 0 bridgehead atoms. The first-order valence-electron chi connectivity index (χ1n) is 4.12. The Morgan fingerprint density at radius 1 is 1.33 bits per heavy atom. The van der Waals surface area contributed by atoms with Crippen molar-refractivity contribution < 1.29 is 9.59 Å². The van der Waals surface area contributed by atoms with Crippen LogP contribution >= 0.6 is 15.9 Å². The molecule has 0 heterocycles. The van der Waals surface area contributed by atoms with Crippen LogP contribution in [0.3, 0.4) is 0 Å². The molecule has 15 heavy (non-hydrogen) atoms. The molecule has 80 valence electrons. The van der Waals surface area contributed by atoms with E-state index in [1.165, 1.54) is 0 Å². The van der Waals surface area contributed by atoms with Crippen LogP contribution in [0.5, 0.6) is 0 Å². The first-order valence-corrected chi connectivity index (χ1v) is 4.92. The number of carbonyl (C=O) groups is 2. The van der Waals surface area contributed by atoms with Crippen molar-refractivity contribution in [1.82, 2.24) is 5.43 Å². The highest BCUT2D eigenvalue weighted by atomic mass is 79.9. The van der Waals surface area contributed by atoms with E-state index in [9.17, 15) is 9.59 Å². The molecule has 0 unspecified atom stereocenters. The lowest BCUT2D eigenvalue weighted by Gasteiger charge is -2.06. The van der Waals surface area contributed by atoms with Crippen LogP contribution in [-0.4, -0.2) is 11.8 Å². The number of benzene rings is 1. The lowest BCUT2D eigenvalue weighted by Crippen LogP contribution is -2.39. The number of nitrogens with one attached hydrogen (secondary N) is 2. The second-order valence-corrected chi connectivity index (χ2v) is 3.77. The summed E-state index contributed by atoms with van der Waals surface area (Å²) in [7, 11) is 0. The van der Waals surface area contributed by atoms with E-state index >= 15 is 0 Å². The van der Waals surface area contributed by atoms with Gasteiger partial charge >= 0.3 is 11.8 Å². The third-order valence-corrected chi connectivity index (χ3v) is 2.37. The molecule has 0 radical (unpaired) electrons. The minimum Gasteiger partial charge on any atom is -0.317 e. The van der Waals surface area contributed by atoms with E-state index in [1.54, 1.807) is 11.5 Å². The molecule has 0 aliphatic rings. The van der Waals surface area contributed by atoms with Crippen LogP contribution in [0.4, 0.5) is 5.69 Å². The summed E-state index contributed by atoms with van der Waals surface area (Å²) in [6.07, 6.45) is 0. The van der Waals surface area contributed by atoms with E-state index in [0.29, 0.717) is 10.2 Å². The third-order valence-electron chi connectivity index (χ3n) is 1.71. The van der Waals surface area contributed by atoms with Gasteiger partial charge in [0.1, 0.15) is 0 Å². The number of hydrogen-bond donors (Lipinski definition) is 3. The number of amides is 2. The largest absolute Gasteiger partial charge is 0.323 e. The van der Waals surface area contributed by atoms with Crippen molar-refractivity contribution in [3.8, 4) is 0 Å². The lowest BCUT2D eigenvalue weighted by atomic mass is 10.2. The van der Waals surface area contributed by atoms with Crippen LogP contribution in [0, 0.1) is 6.92 Å². The van der Waals surface area contributed by atoms with Crippen LogP contribution in [0.1, 0.15) is 5.56 Å². The van der Waals surface area contributed by atoms with Crippen molar-refractivity contribution in [2.24, 2.45) is 5.84 Å². The van der Waals surface area contributed by atoms with Crippen molar-refractivity contribution in [2.75, 3.05) is 5.32 Å². The first-order chi connectivity index (χ1) is 7.04. The van der Waals surface area contributed by atoms with Gasteiger partial charge in [0.2, 0.25) is 0 Å². The number of halogens is 1. The molecule has 1 aromatic rings. The monoisotopic (exact) mass is 271 g/mol. The molecule has 4 N–H and O–H groups in total. The zero-order valence-electron chi connectivity index (χ0n) is 8.00. The second kappa shape index (κ2) is 4.90. The molecule has 5 nitrogen and oxygen atoms in total. The average molecular weight is 272 g/mol. The van der Waals surface area contributed by atoms with Gasteiger partial charge in [-0.2, -0.15) is 0 Å². The van der Waals surface area contributed by atoms with Crippen LogP contribution in [0.15, 0.2) is 22.7 Å². The number of hydrogen-bond acceptors (Lipinski definition) is 3. The van der Waals surface area contributed by atoms with Gasteiger partial charge in [-0.1, -0.05) is 6.07 Å². The van der Waals surface area contributed by atoms with Gasteiger partial charge in [0.05, 0.1) is 5.69 Å². The van der Waals surface area contributed by atoms with Gasteiger partial charge in [-0.3, -0.25) is 15.0 Å². The molecule has 0 fully saturated rings. The Labute approximate surface area is 95.1 Å². The summed E-state index contributed by atoms with van der Waals surface area (Å²) in [5, 5.41) is 2.41. The van der Waals surface area contributed by atoms with Crippen molar-refractivity contribution in [3.63, 3.8) is 0 Å². The Morgan fingerprint density at radius 3 is 2.53 bits per heavy atom. The predicted molar refractivity (Wildman–Crippen MR) is 59.8 cm³/mol. The van der Waals surface area contributed by atoms with Crippen molar-refractivity contribution in [3.05, 3.63) is 28.2 Å². The highest BCUT2D eigenvalue weighted by Gasteiger charge is 2.12. The van der Waals surface area contributed by atoms with E-state index in [-0.39, 0.29) is 0 Å². The Balaban J connectivity index is 2.81. The van der Waals surface area contributed by atoms with Gasteiger partial charge in [0.15, 0.2) is 0 Å². The Kier molecular flexibility index (Phi) is 3.81. The minimum atomic E-state index is -0.887. The Bertz CT molecular complexity index is 406. The van der Waals surface area contributed by atoms with Crippen LogP contribution in [0.2, 0.25) is 0 Å². The number of carbonyl (C=O) groups excluding carboxylic acids is 2. The van der Waals surface area contributed by atoms with Gasteiger partial charge in [-0.15, -0.1) is 0 Å². The molecule has 1 rings (SSSR count). The lowest BCUT2D eigenvalue weighted by molar-refractivity contribution is -0.136. The number of nitrogens with two attached hydrogens (primary N) is 1. The van der Waals surface area contributed by atoms with E-state index in [0.717, 1.165) is 5.56 Å². The van der Waals surface area contributed by atoms with Crippen molar-refractivity contribution in [1.29, 1.82) is 0 Å². The maximum atomic E-state index is 11.2. The van der Waals surface area contributed by atoms with Crippen molar-refractivity contribution in [2.45, 2.75) is 6.92 Å². The third kappa shape index (κ3) is 3.03. The number of aryl methyl sites for hydroxylation is 1. The Hall–Kier alpha value is -1.40. The predicted octanol–water partition coefficient (Wildman–Crippen LogP) is 0.686. The van der Waals surface area contributed by atoms with Gasteiger partial charge in [-0.05, 0) is 40.5 Å². The number of rotatable bonds is 1. The van der Waals surface area contributed by atoms with Gasteiger partial charge < -0.3 is 5.32 Å². The minimum absolute atomic E-state index is 0.522. The van der Waals surface area contributed by atoms with Crippen LogP contribution < -0.4 is 16.6 Å². The second-order valence-electron chi connectivity index (χ2n) is 2.91. The fourth-order valence-electron chi connectivity index (χ4n) is 0.966. The Morgan fingerprint density at radius 2 is 2.00 bits per heavy atom. The highest BCUT2D eigenvalue weighted by Crippen LogP contribution is 2.23. The molecule has 1 aromatic carbocycles. The molecule has 0 aliphatic heterocycles. The molecular weight excluding hydrogens is 262 g/mol. The summed E-state index contributed by atoms with van der Waals surface area (Å²) in [5.74, 6) is 3.13. The topological polar surface area (TPSA) is 84.2 Å². The molecule has 6 heteroatoms. The summed E-state index contributed by atoms with van der Waals surface area (Å²) in [6.45, 7) is 1.92. The molecule has 0 aliphatic carbocycles. The molecule has 0 spiro atoms. The van der Waals surface area contributed by atoms with E-state index in [1.807, 2.05) is 19.1 Å². The summed E-state index contributed by atoms with van der Waals surface area (Å²) in [4.78, 5) is 22.0. The standard InChI is InChI=1S/C9H10BrN3O2/c1-5-2-3-7(6(10)4-5)12-8(14)9(15)13-11/h2-4H,11H2,1H3,(H,12,14)(H,13,15). The molecular formula is C9H10BrN3O2. The normalized spacial score (nSPS) is 9.53. The maximum Gasteiger partial charge on any atom is 0.323 e. The van der Waals surface area contributed by atoms with E-state index in [4.69, 9.17) is 5.84 Å². The highest BCUT2D eigenvalue weighted by molar-refractivity contribution is 9.10. The van der Waals surface area contributed by atoms with Crippen LogP contribution in [0.25, 0.3) is 0 Å². The smallest absolute Gasteiger partial charge is 0.317 e. The number of hydrazine groups is 1. The summed E-state index contributed by atoms with van der Waals surface area (Å²) in [5.41, 5.74) is 3.32. The van der Waals surface area contributed by atoms with Crippen LogP contribution in [-0.2, 0) is 9.59 Å². The zero-order chi connectivity index (χ0) is 11.4. The molecule has 0 aromatic heterocycles.